The number of nitrogens with zero attached hydrogens (tertiary/aromatic N) is 3. The largest absolute Gasteiger partial charge is 0.391 e. The molecule has 1 aliphatic carbocycles. The Morgan fingerprint density at radius 2 is 1.73 bits per heavy atom. The third-order valence-corrected chi connectivity index (χ3v) is 9.00. The number of carbonyl (C=O) groups excluding carboxylic acids is 3. The second-order valence-corrected chi connectivity index (χ2v) is 14.4. The zero-order valence-corrected chi connectivity index (χ0v) is 25.8. The Morgan fingerprint density at radius 3 is 2.22 bits per heavy atom. The molecule has 1 aromatic carbocycles. The SMILES string of the molecule is [C-]#[N+]C1(C(=O)N[C@H](C(=O)N2C[C@H](O)CC2C(=O)NC(c2ccc(-c3scnc3C)cc2)C(C)(C)C)C(C)(C)C)CC1. The lowest BCUT2D eigenvalue weighted by Gasteiger charge is -2.37. The monoisotopic (exact) mass is 579 g/mol. The van der Waals surface area contributed by atoms with E-state index in [-0.39, 0.29) is 30.3 Å². The highest BCUT2D eigenvalue weighted by Crippen LogP contribution is 2.41. The number of likely N-dealkylation sites (tertiary alicyclic amines) is 1. The van der Waals surface area contributed by atoms with Gasteiger partial charge in [0.25, 0.3) is 0 Å². The standard InChI is InChI=1S/C31H41N5O4S/c1-18-23(41-17-33-18)19-9-11-20(12-10-19)24(29(2,3)4)34-26(38)22-15-21(37)16-36(22)27(39)25(30(5,6)7)35-28(40)31(32-8)13-14-31/h9-12,17,21-22,24-25,37H,13-16H2,1-7H3,(H,34,38)(H,35,40)/t21-,22?,24?,25-/m1/s1. The fourth-order valence-corrected chi connectivity index (χ4v) is 6.15. The highest BCUT2D eigenvalue weighted by atomic mass is 32.1. The molecule has 3 N–H and O–H groups in total. The molecule has 1 aliphatic heterocycles. The molecule has 0 radical (unpaired) electrons. The van der Waals surface area contributed by atoms with E-state index in [9.17, 15) is 19.5 Å². The van der Waals surface area contributed by atoms with Crippen LogP contribution in [0.5, 0.6) is 0 Å². The lowest BCUT2D eigenvalue weighted by atomic mass is 9.82. The number of nitrogens with one attached hydrogen (secondary N) is 2. The number of hydrogen-bond donors (Lipinski definition) is 3. The predicted octanol–water partition coefficient (Wildman–Crippen LogP) is 4.27. The van der Waals surface area contributed by atoms with Crippen LogP contribution in [0.2, 0.25) is 0 Å². The van der Waals surface area contributed by atoms with Gasteiger partial charge in [0.1, 0.15) is 12.1 Å². The number of aliphatic hydroxyl groups is 1. The molecule has 4 rings (SSSR count). The summed E-state index contributed by atoms with van der Waals surface area (Å²) in [4.78, 5) is 50.9. The fourth-order valence-electron chi connectivity index (χ4n) is 5.34. The number of aliphatic hydroxyl groups excluding tert-OH is 1. The Morgan fingerprint density at radius 1 is 1.10 bits per heavy atom. The summed E-state index contributed by atoms with van der Waals surface area (Å²) in [6, 6.07) is 5.88. The maximum atomic E-state index is 13.9. The zero-order valence-electron chi connectivity index (χ0n) is 24.9. The van der Waals surface area contributed by atoms with Crippen molar-refractivity contribution in [2.45, 2.75) is 97.5 Å². The van der Waals surface area contributed by atoms with Crippen LogP contribution in [-0.2, 0) is 14.4 Å². The van der Waals surface area contributed by atoms with Gasteiger partial charge >= 0.3 is 11.4 Å². The highest BCUT2D eigenvalue weighted by Gasteiger charge is 2.59. The van der Waals surface area contributed by atoms with Crippen molar-refractivity contribution in [3.05, 3.63) is 52.5 Å². The summed E-state index contributed by atoms with van der Waals surface area (Å²) in [6.07, 6.45) is 0.188. The summed E-state index contributed by atoms with van der Waals surface area (Å²) < 4.78 is 0. The maximum absolute atomic E-state index is 13.9. The molecule has 10 heteroatoms. The number of β-amino-alcohol motifs (C(OH)–C–C–N with tert-alkyl or cyclic N) is 1. The van der Waals surface area contributed by atoms with Crippen molar-refractivity contribution in [2.75, 3.05) is 6.54 Å². The van der Waals surface area contributed by atoms with E-state index in [1.54, 1.807) is 11.3 Å². The molecule has 2 aromatic rings. The third kappa shape index (κ3) is 6.47. The number of benzene rings is 1. The van der Waals surface area contributed by atoms with E-state index in [0.717, 1.165) is 21.7 Å². The Hall–Kier alpha value is -3.29. The molecule has 2 heterocycles. The van der Waals surface area contributed by atoms with Crippen LogP contribution in [0.4, 0.5) is 0 Å². The first kappa shape index (κ1) is 30.7. The van der Waals surface area contributed by atoms with Gasteiger partial charge in [0.2, 0.25) is 11.8 Å². The van der Waals surface area contributed by atoms with Crippen LogP contribution in [0.25, 0.3) is 15.3 Å². The van der Waals surface area contributed by atoms with E-state index in [4.69, 9.17) is 6.57 Å². The van der Waals surface area contributed by atoms with Crippen molar-refractivity contribution in [1.82, 2.24) is 20.5 Å². The van der Waals surface area contributed by atoms with Gasteiger partial charge in [-0.05, 0) is 28.9 Å². The maximum Gasteiger partial charge on any atom is 0.309 e. The van der Waals surface area contributed by atoms with Crippen molar-refractivity contribution in [2.24, 2.45) is 10.8 Å². The Kier molecular flexibility index (Phi) is 8.36. The molecule has 9 nitrogen and oxygen atoms in total. The zero-order chi connectivity index (χ0) is 30.3. The van der Waals surface area contributed by atoms with Crippen LogP contribution < -0.4 is 10.6 Å². The average molecular weight is 580 g/mol. The molecule has 1 aromatic heterocycles. The second-order valence-electron chi connectivity index (χ2n) is 13.5. The summed E-state index contributed by atoms with van der Waals surface area (Å²) in [7, 11) is 0. The third-order valence-electron chi connectivity index (χ3n) is 8.02. The Labute approximate surface area is 246 Å². The summed E-state index contributed by atoms with van der Waals surface area (Å²) in [6.45, 7) is 21.0. The van der Waals surface area contributed by atoms with Crippen LogP contribution in [0.1, 0.15) is 78.1 Å². The average Bonchev–Trinajstić information content (AvgIpc) is 3.43. The molecule has 1 saturated carbocycles. The fraction of sp³-hybridized carbons (Fsp3) is 0.581. The van der Waals surface area contributed by atoms with Crippen LogP contribution in [0.3, 0.4) is 0 Å². The van der Waals surface area contributed by atoms with Gasteiger partial charge in [-0.1, -0.05) is 65.8 Å². The number of aromatic nitrogens is 1. The Bertz CT molecular complexity index is 1340. The Balaban J connectivity index is 1.55. The molecule has 4 atom stereocenters. The van der Waals surface area contributed by atoms with Crippen LogP contribution in [0, 0.1) is 24.3 Å². The number of amides is 3. The van der Waals surface area contributed by atoms with E-state index in [0.29, 0.717) is 12.8 Å². The van der Waals surface area contributed by atoms with Crippen molar-refractivity contribution < 1.29 is 19.5 Å². The summed E-state index contributed by atoms with van der Waals surface area (Å²) in [5.74, 6) is -1.23. The van der Waals surface area contributed by atoms with Crippen molar-refractivity contribution in [1.29, 1.82) is 0 Å². The molecule has 2 unspecified atom stereocenters. The molecule has 220 valence electrons. The first-order valence-electron chi connectivity index (χ1n) is 14.1. The van der Waals surface area contributed by atoms with Gasteiger partial charge in [-0.3, -0.25) is 19.2 Å². The predicted molar refractivity (Wildman–Crippen MR) is 159 cm³/mol. The number of hydrogen-bond acceptors (Lipinski definition) is 6. The van der Waals surface area contributed by atoms with E-state index >= 15 is 0 Å². The van der Waals surface area contributed by atoms with E-state index < -0.39 is 41.0 Å². The van der Waals surface area contributed by atoms with E-state index in [1.165, 1.54) is 4.90 Å². The summed E-state index contributed by atoms with van der Waals surface area (Å²) in [5.41, 5.74) is 2.67. The first-order chi connectivity index (χ1) is 19.1. The summed E-state index contributed by atoms with van der Waals surface area (Å²) >= 11 is 1.58. The number of thiazole rings is 1. The first-order valence-corrected chi connectivity index (χ1v) is 14.9. The van der Waals surface area contributed by atoms with Gasteiger partial charge < -0.3 is 20.6 Å². The quantitative estimate of drug-likeness (QED) is 0.424. The van der Waals surface area contributed by atoms with Crippen molar-refractivity contribution in [3.63, 3.8) is 0 Å². The molecule has 0 spiro atoms. The van der Waals surface area contributed by atoms with Gasteiger partial charge in [-0.25, -0.2) is 11.6 Å². The van der Waals surface area contributed by atoms with Gasteiger partial charge in [0.15, 0.2) is 0 Å². The topological polar surface area (TPSA) is 116 Å². The minimum Gasteiger partial charge on any atom is -0.391 e. The van der Waals surface area contributed by atoms with Gasteiger partial charge in [0.05, 0.1) is 28.2 Å². The van der Waals surface area contributed by atoms with Crippen molar-refractivity contribution in [3.8, 4) is 10.4 Å². The van der Waals surface area contributed by atoms with Crippen molar-refractivity contribution >= 4 is 29.1 Å². The summed E-state index contributed by atoms with van der Waals surface area (Å²) in [5, 5.41) is 16.5. The smallest absolute Gasteiger partial charge is 0.309 e. The van der Waals surface area contributed by atoms with E-state index in [1.807, 2.05) is 78.2 Å². The van der Waals surface area contributed by atoms with Crippen LogP contribution >= 0.6 is 11.3 Å². The lowest BCUT2D eigenvalue weighted by Crippen LogP contribution is -2.59. The lowest BCUT2D eigenvalue weighted by molar-refractivity contribution is -0.144. The van der Waals surface area contributed by atoms with Gasteiger partial charge in [-0.2, -0.15) is 0 Å². The number of rotatable bonds is 7. The molecule has 2 fully saturated rings. The molecule has 1 saturated heterocycles. The minimum absolute atomic E-state index is 0.00356. The van der Waals surface area contributed by atoms with Gasteiger partial charge in [-0.15, -0.1) is 11.3 Å². The molecular formula is C31H41N5O4S. The number of aryl methyl sites for hydroxylation is 1. The van der Waals surface area contributed by atoms with Crippen LogP contribution in [-0.4, -0.2) is 63.0 Å². The minimum atomic E-state index is -1.10. The molecular weight excluding hydrogens is 538 g/mol. The molecule has 41 heavy (non-hydrogen) atoms. The molecule has 3 amide bonds. The molecule has 2 aliphatic rings. The second kappa shape index (κ2) is 11.2. The van der Waals surface area contributed by atoms with Gasteiger partial charge in [0, 0.05) is 25.8 Å². The van der Waals surface area contributed by atoms with Crippen LogP contribution in [0.15, 0.2) is 29.8 Å². The molecule has 0 bridgehead atoms. The normalized spacial score (nSPS) is 21.5. The van der Waals surface area contributed by atoms with E-state index in [2.05, 4.69) is 20.5 Å². The number of carbonyl (C=O) groups is 3. The highest BCUT2D eigenvalue weighted by molar-refractivity contribution is 7.13.